The molecule has 0 atom stereocenters. The first-order valence-corrected chi connectivity index (χ1v) is 19.6. The summed E-state index contributed by atoms with van der Waals surface area (Å²) in [6.45, 7) is 0. The van der Waals surface area contributed by atoms with Gasteiger partial charge in [0.2, 0.25) is 0 Å². The Morgan fingerprint density at radius 1 is 0.281 bits per heavy atom. The van der Waals surface area contributed by atoms with Gasteiger partial charge >= 0.3 is 0 Å². The maximum Gasteiger partial charge on any atom is 0.160 e. The molecule has 0 saturated carbocycles. The second kappa shape index (κ2) is 12.3. The average Bonchev–Trinajstić information content (AvgIpc) is 3.76. The summed E-state index contributed by atoms with van der Waals surface area (Å²) in [7, 11) is 0. The molecule has 57 heavy (non-hydrogen) atoms. The molecule has 264 valence electrons. The summed E-state index contributed by atoms with van der Waals surface area (Å²) in [6, 6.07) is 75.1. The molecule has 10 aromatic rings. The van der Waals surface area contributed by atoms with Crippen LogP contribution in [0.4, 0.5) is 0 Å². The Morgan fingerprint density at radius 3 is 1.30 bits per heavy atom. The van der Waals surface area contributed by atoms with E-state index in [2.05, 4.69) is 182 Å². The Morgan fingerprint density at radius 2 is 0.702 bits per heavy atom. The Bertz CT molecular complexity index is 3110. The Balaban J connectivity index is 1.03. The van der Waals surface area contributed by atoms with Gasteiger partial charge in [-0.3, -0.25) is 0 Å². The molecule has 2 aliphatic rings. The summed E-state index contributed by atoms with van der Waals surface area (Å²) in [4.78, 5) is 10.2. The average molecular weight is 723 g/mol. The first-order chi connectivity index (χ1) is 28.2. The topological polar surface area (TPSA) is 25.8 Å². The smallest absolute Gasteiger partial charge is 0.160 e. The van der Waals surface area contributed by atoms with Crippen LogP contribution in [0.1, 0.15) is 22.3 Å². The number of aromatic nitrogens is 2. The molecule has 2 heteroatoms. The number of fused-ring (bicyclic) bond motifs is 13. The third-order valence-corrected chi connectivity index (χ3v) is 12.3. The van der Waals surface area contributed by atoms with Crippen LogP contribution in [0.2, 0.25) is 0 Å². The lowest BCUT2D eigenvalue weighted by Gasteiger charge is -2.30. The van der Waals surface area contributed by atoms with Crippen LogP contribution >= 0.6 is 0 Å². The first kappa shape index (κ1) is 31.9. The molecular formula is C55H34N2. The summed E-state index contributed by atoms with van der Waals surface area (Å²) in [5.74, 6) is 0.719. The molecule has 0 saturated heterocycles. The van der Waals surface area contributed by atoms with Crippen LogP contribution in [0, 0.1) is 0 Å². The van der Waals surface area contributed by atoms with Gasteiger partial charge in [0.1, 0.15) is 0 Å². The van der Waals surface area contributed by atoms with E-state index in [-0.39, 0.29) is 5.41 Å². The maximum absolute atomic E-state index is 5.16. The van der Waals surface area contributed by atoms with Crippen molar-refractivity contribution < 1.29 is 0 Å². The monoisotopic (exact) mass is 722 g/mol. The van der Waals surface area contributed by atoms with Crippen LogP contribution in [0.5, 0.6) is 0 Å². The molecule has 2 nitrogen and oxygen atoms in total. The molecule has 1 spiro atoms. The zero-order valence-electron chi connectivity index (χ0n) is 31.0. The van der Waals surface area contributed by atoms with E-state index in [9.17, 15) is 0 Å². The van der Waals surface area contributed by atoms with Crippen LogP contribution in [-0.2, 0) is 5.41 Å². The van der Waals surface area contributed by atoms with Gasteiger partial charge in [0.05, 0.1) is 16.8 Å². The van der Waals surface area contributed by atoms with Crippen LogP contribution in [0.15, 0.2) is 206 Å². The quantitative estimate of drug-likeness (QED) is 0.169. The van der Waals surface area contributed by atoms with Crippen LogP contribution in [0.25, 0.3) is 88.8 Å². The highest BCUT2D eigenvalue weighted by molar-refractivity contribution is 6.10. The van der Waals surface area contributed by atoms with Gasteiger partial charge in [-0.15, -0.1) is 0 Å². The Kier molecular flexibility index (Phi) is 6.88. The van der Waals surface area contributed by atoms with E-state index in [1.165, 1.54) is 77.2 Å². The van der Waals surface area contributed by atoms with Gasteiger partial charge in [0.15, 0.2) is 5.82 Å². The fourth-order valence-corrected chi connectivity index (χ4v) is 9.73. The fraction of sp³-hybridized carbons (Fsp3) is 0.0182. The molecule has 0 unspecified atom stereocenters. The molecule has 0 radical (unpaired) electrons. The second-order valence-corrected chi connectivity index (χ2v) is 15.3. The standard InChI is InChI=1S/C55H34N2/c1-3-13-37(14-4-1)52-34-53(57-54(56-52)38-15-5-2-6-16-38)41-28-26-36-24-23-35-25-27-39(31-46(35)47(36)32-41)40-29-30-45-44-19-9-12-22-50(44)55(51(45)33-40)48-20-10-7-17-42(48)43-18-8-11-21-49(43)55/h1-34H. The fourth-order valence-electron chi connectivity index (χ4n) is 9.73. The molecule has 0 aliphatic heterocycles. The minimum atomic E-state index is -0.373. The van der Waals surface area contributed by atoms with Gasteiger partial charge in [-0.05, 0) is 101 Å². The zero-order chi connectivity index (χ0) is 37.5. The van der Waals surface area contributed by atoms with Gasteiger partial charge in [-0.25, -0.2) is 9.97 Å². The van der Waals surface area contributed by atoms with Crippen LogP contribution in [-0.4, -0.2) is 9.97 Å². The van der Waals surface area contributed by atoms with E-state index < -0.39 is 0 Å². The summed E-state index contributed by atoms with van der Waals surface area (Å²) in [5, 5.41) is 4.84. The predicted molar refractivity (Wildman–Crippen MR) is 235 cm³/mol. The van der Waals surface area contributed by atoms with E-state index in [0.717, 1.165) is 33.9 Å². The summed E-state index contributed by atoms with van der Waals surface area (Å²) in [5.41, 5.74) is 17.7. The summed E-state index contributed by atoms with van der Waals surface area (Å²) in [6.07, 6.45) is 0. The van der Waals surface area contributed by atoms with Crippen molar-refractivity contribution in [1.82, 2.24) is 9.97 Å². The molecule has 0 N–H and O–H groups in total. The molecule has 0 amide bonds. The number of hydrogen-bond acceptors (Lipinski definition) is 2. The van der Waals surface area contributed by atoms with Gasteiger partial charge in [0, 0.05) is 16.7 Å². The molecule has 1 aromatic heterocycles. The van der Waals surface area contributed by atoms with Crippen molar-refractivity contribution in [3.8, 4) is 67.3 Å². The van der Waals surface area contributed by atoms with Crippen molar-refractivity contribution in [2.45, 2.75) is 5.41 Å². The van der Waals surface area contributed by atoms with Crippen molar-refractivity contribution in [2.75, 3.05) is 0 Å². The number of benzene rings is 9. The lowest BCUT2D eigenvalue weighted by atomic mass is 9.70. The lowest BCUT2D eigenvalue weighted by Crippen LogP contribution is -2.25. The highest BCUT2D eigenvalue weighted by Crippen LogP contribution is 2.63. The summed E-state index contributed by atoms with van der Waals surface area (Å²) >= 11 is 0. The minimum absolute atomic E-state index is 0.373. The van der Waals surface area contributed by atoms with E-state index in [1.54, 1.807) is 0 Å². The molecule has 9 aromatic carbocycles. The SMILES string of the molecule is c1ccc(-c2cc(-c3ccc4ccc5ccc(-c6ccc7c(c6)C6(c8ccccc8-c8ccccc86)c6ccccc6-7)cc5c4c3)nc(-c3ccccc3)n2)cc1. The predicted octanol–water partition coefficient (Wildman–Crippen LogP) is 13.8. The molecule has 0 fully saturated rings. The van der Waals surface area contributed by atoms with Crippen molar-refractivity contribution in [1.29, 1.82) is 0 Å². The van der Waals surface area contributed by atoms with Gasteiger partial charge in [-0.2, -0.15) is 0 Å². The third kappa shape index (κ3) is 4.71. The highest BCUT2D eigenvalue weighted by Gasteiger charge is 2.51. The normalized spacial score (nSPS) is 13.1. The third-order valence-electron chi connectivity index (χ3n) is 12.3. The second-order valence-electron chi connectivity index (χ2n) is 15.3. The van der Waals surface area contributed by atoms with Crippen molar-refractivity contribution in [3.63, 3.8) is 0 Å². The molecule has 0 bridgehead atoms. The van der Waals surface area contributed by atoms with Gasteiger partial charge < -0.3 is 0 Å². The van der Waals surface area contributed by atoms with Crippen molar-refractivity contribution >= 4 is 21.5 Å². The van der Waals surface area contributed by atoms with E-state index in [0.29, 0.717) is 0 Å². The maximum atomic E-state index is 5.16. The zero-order valence-corrected chi connectivity index (χ0v) is 31.0. The lowest BCUT2D eigenvalue weighted by molar-refractivity contribution is 0.794. The van der Waals surface area contributed by atoms with Crippen molar-refractivity contribution in [3.05, 3.63) is 229 Å². The van der Waals surface area contributed by atoms with E-state index in [1.807, 2.05) is 24.3 Å². The van der Waals surface area contributed by atoms with Crippen LogP contribution in [0.3, 0.4) is 0 Å². The number of hydrogen-bond donors (Lipinski definition) is 0. The van der Waals surface area contributed by atoms with Crippen LogP contribution < -0.4 is 0 Å². The molecule has 2 aliphatic carbocycles. The highest BCUT2D eigenvalue weighted by atomic mass is 14.9. The van der Waals surface area contributed by atoms with Gasteiger partial charge in [0.25, 0.3) is 0 Å². The molecule has 1 heterocycles. The Hall–Kier alpha value is -7.42. The van der Waals surface area contributed by atoms with E-state index in [4.69, 9.17) is 9.97 Å². The van der Waals surface area contributed by atoms with E-state index >= 15 is 0 Å². The minimum Gasteiger partial charge on any atom is -0.228 e. The number of rotatable bonds is 4. The first-order valence-electron chi connectivity index (χ1n) is 19.6. The Labute approximate surface area is 331 Å². The molecule has 12 rings (SSSR count). The largest absolute Gasteiger partial charge is 0.228 e. The number of nitrogens with zero attached hydrogens (tertiary/aromatic N) is 2. The molecular weight excluding hydrogens is 689 g/mol. The van der Waals surface area contributed by atoms with Gasteiger partial charge in [-0.1, -0.05) is 182 Å². The summed E-state index contributed by atoms with van der Waals surface area (Å²) < 4.78 is 0. The van der Waals surface area contributed by atoms with Crippen molar-refractivity contribution in [2.24, 2.45) is 0 Å².